The average Bonchev–Trinajstić information content (AvgIpc) is 3.47. The number of fused-ring (bicyclic) bond motifs is 1. The lowest BCUT2D eigenvalue weighted by Crippen LogP contribution is -2.43. The maximum absolute atomic E-state index is 13.0. The zero-order valence-corrected chi connectivity index (χ0v) is 19.5. The molecular formula is C26H23BrN4O2. The maximum atomic E-state index is 13.0. The highest BCUT2D eigenvalue weighted by Gasteiger charge is 2.33. The molecule has 2 aromatic heterocycles. The number of rotatable bonds is 5. The van der Waals surface area contributed by atoms with Gasteiger partial charge in [0.2, 0.25) is 11.8 Å². The highest BCUT2D eigenvalue weighted by atomic mass is 79.9. The fourth-order valence-electron chi connectivity index (χ4n) is 4.31. The topological polar surface area (TPSA) is 78.1 Å². The molecular weight excluding hydrogens is 480 g/mol. The number of carbonyl (C=O) groups is 2. The lowest BCUT2D eigenvalue weighted by atomic mass is 10.1. The van der Waals surface area contributed by atoms with E-state index >= 15 is 0 Å². The van der Waals surface area contributed by atoms with E-state index in [2.05, 4.69) is 31.2 Å². The third kappa shape index (κ3) is 4.68. The Balaban J connectivity index is 1.25. The number of aromatic nitrogens is 2. The molecule has 0 bridgehead atoms. The molecule has 33 heavy (non-hydrogen) atoms. The molecule has 1 aliphatic rings. The average molecular weight is 503 g/mol. The summed E-state index contributed by atoms with van der Waals surface area (Å²) in [4.78, 5) is 35.3. The largest absolute Gasteiger partial charge is 0.353 e. The number of likely N-dealkylation sites (tertiary alicyclic amines) is 1. The Hall–Kier alpha value is -3.45. The fraction of sp³-hybridized carbons (Fsp3) is 0.192. The van der Waals surface area contributed by atoms with Crippen LogP contribution in [0.2, 0.25) is 0 Å². The molecule has 0 aliphatic carbocycles. The van der Waals surface area contributed by atoms with Crippen molar-refractivity contribution in [2.45, 2.75) is 25.3 Å². The van der Waals surface area contributed by atoms with Crippen LogP contribution in [-0.4, -0.2) is 39.3 Å². The summed E-state index contributed by atoms with van der Waals surface area (Å²) in [5, 5.41) is 2.98. The van der Waals surface area contributed by atoms with Crippen LogP contribution < -0.4 is 5.32 Å². The Bertz CT molecular complexity index is 1300. The van der Waals surface area contributed by atoms with Gasteiger partial charge in [0.05, 0.1) is 17.5 Å². The quantitative estimate of drug-likeness (QED) is 0.369. The Labute approximate surface area is 200 Å². The van der Waals surface area contributed by atoms with Gasteiger partial charge in [-0.25, -0.2) is 4.98 Å². The molecule has 166 valence electrons. The Morgan fingerprint density at radius 2 is 1.85 bits per heavy atom. The van der Waals surface area contributed by atoms with E-state index < -0.39 is 6.04 Å². The standard InChI is InChI=1S/C26H23BrN4O2/c27-24-13-12-20-22(30-24)16-21(29-20)18-8-10-19(11-9-18)28-26(33)23-7-4-14-31(23)25(32)15-17-5-2-1-3-6-17/h1-3,5-6,8-13,16,23,29H,4,7,14-15H2,(H,28,33)/t23-/m0/s1. The van der Waals surface area contributed by atoms with E-state index in [4.69, 9.17) is 0 Å². The minimum atomic E-state index is -0.431. The van der Waals surface area contributed by atoms with Gasteiger partial charge in [0.1, 0.15) is 10.6 Å². The summed E-state index contributed by atoms with van der Waals surface area (Å²) < 4.78 is 0.793. The number of carbonyl (C=O) groups excluding carboxylic acids is 2. The molecule has 2 aromatic carbocycles. The monoisotopic (exact) mass is 502 g/mol. The van der Waals surface area contributed by atoms with E-state index in [1.165, 1.54) is 0 Å². The van der Waals surface area contributed by atoms with Crippen LogP contribution in [-0.2, 0) is 16.0 Å². The van der Waals surface area contributed by atoms with Gasteiger partial charge in [-0.3, -0.25) is 9.59 Å². The highest BCUT2D eigenvalue weighted by Crippen LogP contribution is 2.26. The number of anilines is 1. The normalized spacial score (nSPS) is 15.7. The summed E-state index contributed by atoms with van der Waals surface area (Å²) in [6.07, 6.45) is 1.83. The van der Waals surface area contributed by atoms with Crippen LogP contribution >= 0.6 is 15.9 Å². The molecule has 2 N–H and O–H groups in total. The van der Waals surface area contributed by atoms with Crippen molar-refractivity contribution in [3.63, 3.8) is 0 Å². The number of hydrogen-bond acceptors (Lipinski definition) is 3. The second-order valence-electron chi connectivity index (χ2n) is 8.22. The van der Waals surface area contributed by atoms with Crippen molar-refractivity contribution in [1.29, 1.82) is 0 Å². The summed E-state index contributed by atoms with van der Waals surface area (Å²) in [5.74, 6) is -0.144. The zero-order valence-electron chi connectivity index (χ0n) is 17.9. The summed E-state index contributed by atoms with van der Waals surface area (Å²) in [6.45, 7) is 0.618. The fourth-order valence-corrected chi connectivity index (χ4v) is 4.63. The smallest absolute Gasteiger partial charge is 0.247 e. The number of amides is 2. The predicted molar refractivity (Wildman–Crippen MR) is 133 cm³/mol. The Morgan fingerprint density at radius 3 is 2.64 bits per heavy atom. The van der Waals surface area contributed by atoms with Crippen molar-refractivity contribution in [3.05, 3.63) is 83.0 Å². The van der Waals surface area contributed by atoms with Gasteiger partial charge in [0.15, 0.2) is 0 Å². The predicted octanol–water partition coefficient (Wildman–Crippen LogP) is 5.16. The van der Waals surface area contributed by atoms with Crippen LogP contribution in [0.25, 0.3) is 22.3 Å². The van der Waals surface area contributed by atoms with E-state index in [0.29, 0.717) is 25.1 Å². The number of benzene rings is 2. The molecule has 1 aliphatic heterocycles. The Kier molecular flexibility index (Phi) is 5.96. The van der Waals surface area contributed by atoms with Crippen molar-refractivity contribution in [2.75, 3.05) is 11.9 Å². The molecule has 2 amide bonds. The van der Waals surface area contributed by atoms with Gasteiger partial charge in [0.25, 0.3) is 0 Å². The summed E-state index contributed by atoms with van der Waals surface area (Å²) >= 11 is 3.40. The van der Waals surface area contributed by atoms with Crippen LogP contribution in [0.3, 0.4) is 0 Å². The van der Waals surface area contributed by atoms with Crippen molar-refractivity contribution in [1.82, 2.24) is 14.9 Å². The van der Waals surface area contributed by atoms with Gasteiger partial charge in [0, 0.05) is 17.9 Å². The first-order chi connectivity index (χ1) is 16.1. The second-order valence-corrected chi connectivity index (χ2v) is 9.04. The van der Waals surface area contributed by atoms with Crippen LogP contribution in [0.5, 0.6) is 0 Å². The van der Waals surface area contributed by atoms with Crippen molar-refractivity contribution < 1.29 is 9.59 Å². The van der Waals surface area contributed by atoms with E-state index in [0.717, 1.165) is 38.9 Å². The molecule has 5 rings (SSSR count). The highest BCUT2D eigenvalue weighted by molar-refractivity contribution is 9.10. The summed E-state index contributed by atoms with van der Waals surface area (Å²) in [7, 11) is 0. The third-order valence-corrected chi connectivity index (χ3v) is 6.42. The molecule has 1 saturated heterocycles. The number of H-pyrrole nitrogens is 1. The molecule has 3 heterocycles. The maximum Gasteiger partial charge on any atom is 0.247 e. The lowest BCUT2D eigenvalue weighted by molar-refractivity contribution is -0.136. The summed E-state index contributed by atoms with van der Waals surface area (Å²) in [6, 6.07) is 22.8. The van der Waals surface area contributed by atoms with Gasteiger partial charge >= 0.3 is 0 Å². The van der Waals surface area contributed by atoms with Gasteiger partial charge < -0.3 is 15.2 Å². The molecule has 4 aromatic rings. The van der Waals surface area contributed by atoms with Crippen LogP contribution in [0.4, 0.5) is 5.69 Å². The number of hydrogen-bond donors (Lipinski definition) is 2. The molecule has 0 unspecified atom stereocenters. The molecule has 6 nitrogen and oxygen atoms in total. The van der Waals surface area contributed by atoms with Crippen LogP contribution in [0.1, 0.15) is 18.4 Å². The number of aromatic amines is 1. The van der Waals surface area contributed by atoms with Gasteiger partial charge in [-0.05, 0) is 70.2 Å². The van der Waals surface area contributed by atoms with Crippen molar-refractivity contribution in [3.8, 4) is 11.3 Å². The molecule has 1 atom stereocenters. The van der Waals surface area contributed by atoms with Gasteiger partial charge in [-0.1, -0.05) is 42.5 Å². The summed E-state index contributed by atoms with van der Waals surface area (Å²) in [5.41, 5.74) is 5.49. The Morgan fingerprint density at radius 1 is 1.06 bits per heavy atom. The van der Waals surface area contributed by atoms with Gasteiger partial charge in [-0.2, -0.15) is 0 Å². The van der Waals surface area contributed by atoms with Crippen LogP contribution in [0.15, 0.2) is 77.4 Å². The third-order valence-electron chi connectivity index (χ3n) is 5.98. The van der Waals surface area contributed by atoms with Crippen LogP contribution in [0, 0.1) is 0 Å². The SMILES string of the molecule is O=C(Nc1ccc(-c2cc3nc(Br)ccc3[nH]2)cc1)[C@@H]1CCCN1C(=O)Cc1ccccc1. The molecule has 0 radical (unpaired) electrons. The number of pyridine rings is 1. The zero-order chi connectivity index (χ0) is 22.8. The van der Waals surface area contributed by atoms with Gasteiger partial charge in [-0.15, -0.1) is 0 Å². The van der Waals surface area contributed by atoms with E-state index in [1.54, 1.807) is 4.90 Å². The van der Waals surface area contributed by atoms with Crippen molar-refractivity contribution >= 4 is 44.5 Å². The lowest BCUT2D eigenvalue weighted by Gasteiger charge is -2.24. The first-order valence-corrected chi connectivity index (χ1v) is 11.8. The molecule has 1 fully saturated rings. The number of nitrogens with zero attached hydrogens (tertiary/aromatic N) is 2. The number of halogens is 1. The molecule has 0 spiro atoms. The molecule has 7 heteroatoms. The first-order valence-electron chi connectivity index (χ1n) is 11.0. The number of nitrogens with one attached hydrogen (secondary N) is 2. The minimum absolute atomic E-state index is 0.00625. The van der Waals surface area contributed by atoms with E-state index in [-0.39, 0.29) is 11.8 Å². The second kappa shape index (κ2) is 9.19. The molecule has 0 saturated carbocycles. The van der Waals surface area contributed by atoms with Crippen molar-refractivity contribution in [2.24, 2.45) is 0 Å². The first kappa shape index (κ1) is 21.4. The minimum Gasteiger partial charge on any atom is -0.353 e. The van der Waals surface area contributed by atoms with E-state index in [1.807, 2.05) is 72.8 Å². The van der Waals surface area contributed by atoms with E-state index in [9.17, 15) is 9.59 Å².